The zero-order chi connectivity index (χ0) is 18.1. The van der Waals surface area contributed by atoms with Gasteiger partial charge in [-0.2, -0.15) is 0 Å². The van der Waals surface area contributed by atoms with Crippen molar-refractivity contribution in [2.45, 2.75) is 51.6 Å². The van der Waals surface area contributed by atoms with Crippen LogP contribution in [0.25, 0.3) is 0 Å². The van der Waals surface area contributed by atoms with Crippen molar-refractivity contribution in [2.24, 2.45) is 5.92 Å². The van der Waals surface area contributed by atoms with Crippen LogP contribution in [0.1, 0.15) is 51.0 Å². The number of carbonyl (C=O) groups excluding carboxylic acids is 2. The summed E-state index contributed by atoms with van der Waals surface area (Å²) in [5.41, 5.74) is 1.37. The number of carbonyl (C=O) groups is 2. The molecule has 0 heterocycles. The van der Waals surface area contributed by atoms with Gasteiger partial charge in [0.1, 0.15) is 0 Å². The van der Waals surface area contributed by atoms with E-state index in [-0.39, 0.29) is 25.9 Å². The second-order valence-electron chi connectivity index (χ2n) is 6.27. The lowest BCUT2D eigenvalue weighted by molar-refractivity contribution is -0.165. The highest BCUT2D eigenvalue weighted by Crippen LogP contribution is 2.34. The van der Waals surface area contributed by atoms with Crippen molar-refractivity contribution < 1.29 is 23.8 Å². The summed E-state index contributed by atoms with van der Waals surface area (Å²) in [5, 5.41) is 0. The number of hydrogen-bond donors (Lipinski definition) is 0. The minimum Gasteiger partial charge on any atom is -0.465 e. The molecule has 1 saturated carbocycles. The first-order valence-corrected chi connectivity index (χ1v) is 9.15. The molecule has 25 heavy (non-hydrogen) atoms. The maximum absolute atomic E-state index is 12.0. The van der Waals surface area contributed by atoms with E-state index in [0.29, 0.717) is 5.92 Å². The smallest absolute Gasteiger partial charge is 0.322 e. The number of benzene rings is 1. The van der Waals surface area contributed by atoms with E-state index in [9.17, 15) is 9.59 Å². The molecule has 0 aromatic heterocycles. The molecule has 138 valence electrons. The molecule has 1 aromatic carbocycles. The SMILES string of the molecule is CCOC(=O)C(COC1CCC(c2ccccc2)CC1)C(=O)OCC. The molecule has 0 spiro atoms. The van der Waals surface area contributed by atoms with Crippen LogP contribution in [-0.2, 0) is 23.8 Å². The van der Waals surface area contributed by atoms with E-state index in [4.69, 9.17) is 14.2 Å². The third kappa shape index (κ3) is 5.85. The molecule has 0 radical (unpaired) electrons. The quantitative estimate of drug-likeness (QED) is 0.532. The van der Waals surface area contributed by atoms with Crippen LogP contribution >= 0.6 is 0 Å². The van der Waals surface area contributed by atoms with Gasteiger partial charge in [0.25, 0.3) is 0 Å². The largest absolute Gasteiger partial charge is 0.465 e. The molecular weight excluding hydrogens is 320 g/mol. The first-order valence-electron chi connectivity index (χ1n) is 9.15. The maximum Gasteiger partial charge on any atom is 0.322 e. The molecule has 5 heteroatoms. The van der Waals surface area contributed by atoms with Crippen molar-refractivity contribution in [3.8, 4) is 0 Å². The van der Waals surface area contributed by atoms with Crippen molar-refractivity contribution in [3.63, 3.8) is 0 Å². The number of esters is 2. The first-order chi connectivity index (χ1) is 12.2. The van der Waals surface area contributed by atoms with E-state index < -0.39 is 17.9 Å². The fourth-order valence-electron chi connectivity index (χ4n) is 3.24. The van der Waals surface area contributed by atoms with Gasteiger partial charge in [0.15, 0.2) is 5.92 Å². The molecule has 2 rings (SSSR count). The molecule has 0 aliphatic heterocycles. The molecule has 0 bridgehead atoms. The van der Waals surface area contributed by atoms with Gasteiger partial charge >= 0.3 is 11.9 Å². The number of ether oxygens (including phenoxy) is 3. The van der Waals surface area contributed by atoms with E-state index >= 15 is 0 Å². The molecule has 1 aliphatic rings. The Morgan fingerprint density at radius 3 is 2.04 bits per heavy atom. The monoisotopic (exact) mass is 348 g/mol. The van der Waals surface area contributed by atoms with Gasteiger partial charge < -0.3 is 14.2 Å². The Balaban J connectivity index is 1.83. The van der Waals surface area contributed by atoms with E-state index in [1.54, 1.807) is 13.8 Å². The fraction of sp³-hybridized carbons (Fsp3) is 0.600. The average molecular weight is 348 g/mol. The van der Waals surface area contributed by atoms with Gasteiger partial charge in [-0.15, -0.1) is 0 Å². The van der Waals surface area contributed by atoms with Gasteiger partial charge in [0, 0.05) is 0 Å². The van der Waals surface area contributed by atoms with Crippen LogP contribution in [0.15, 0.2) is 30.3 Å². The molecule has 5 nitrogen and oxygen atoms in total. The van der Waals surface area contributed by atoms with E-state index in [1.807, 2.05) is 6.07 Å². The molecular formula is C20H28O5. The van der Waals surface area contributed by atoms with Crippen LogP contribution in [0, 0.1) is 5.92 Å². The van der Waals surface area contributed by atoms with E-state index in [2.05, 4.69) is 24.3 Å². The third-order valence-corrected chi connectivity index (χ3v) is 4.59. The summed E-state index contributed by atoms with van der Waals surface area (Å²) in [7, 11) is 0. The molecule has 0 unspecified atom stereocenters. The third-order valence-electron chi connectivity index (χ3n) is 4.59. The summed E-state index contributed by atoms with van der Waals surface area (Å²) < 4.78 is 15.8. The molecule has 1 aliphatic carbocycles. The van der Waals surface area contributed by atoms with Gasteiger partial charge in [-0.25, -0.2) is 0 Å². The summed E-state index contributed by atoms with van der Waals surface area (Å²) in [5.74, 6) is -1.57. The zero-order valence-electron chi connectivity index (χ0n) is 15.1. The predicted octanol–water partition coefficient (Wildman–Crippen LogP) is 3.47. The van der Waals surface area contributed by atoms with Crippen molar-refractivity contribution in [3.05, 3.63) is 35.9 Å². The zero-order valence-corrected chi connectivity index (χ0v) is 15.1. The van der Waals surface area contributed by atoms with Gasteiger partial charge in [-0.05, 0) is 51.0 Å². The summed E-state index contributed by atoms with van der Waals surface area (Å²) in [6.07, 6.45) is 4.04. The van der Waals surface area contributed by atoms with Crippen LogP contribution in [-0.4, -0.2) is 37.9 Å². The number of hydrogen-bond acceptors (Lipinski definition) is 5. The molecule has 0 atom stereocenters. The van der Waals surface area contributed by atoms with Crippen molar-refractivity contribution in [1.29, 1.82) is 0 Å². The predicted molar refractivity (Wildman–Crippen MR) is 94.1 cm³/mol. The minimum absolute atomic E-state index is 0.0261. The molecule has 0 N–H and O–H groups in total. The van der Waals surface area contributed by atoms with Crippen LogP contribution in [0.2, 0.25) is 0 Å². The van der Waals surface area contributed by atoms with Crippen molar-refractivity contribution >= 4 is 11.9 Å². The highest BCUT2D eigenvalue weighted by atomic mass is 16.6. The topological polar surface area (TPSA) is 61.8 Å². The highest BCUT2D eigenvalue weighted by Gasteiger charge is 2.32. The molecule has 1 fully saturated rings. The second-order valence-corrected chi connectivity index (χ2v) is 6.27. The van der Waals surface area contributed by atoms with E-state index in [0.717, 1.165) is 25.7 Å². The Morgan fingerprint density at radius 2 is 1.52 bits per heavy atom. The Labute approximate surface area is 149 Å². The Hall–Kier alpha value is -1.88. The van der Waals surface area contributed by atoms with Crippen LogP contribution in [0.3, 0.4) is 0 Å². The fourth-order valence-corrected chi connectivity index (χ4v) is 3.24. The van der Waals surface area contributed by atoms with Gasteiger partial charge in [0.05, 0.1) is 25.9 Å². The summed E-state index contributed by atoms with van der Waals surface area (Å²) in [6, 6.07) is 10.5. The van der Waals surface area contributed by atoms with Gasteiger partial charge in [0.2, 0.25) is 0 Å². The number of rotatable bonds is 8. The second kappa shape index (κ2) is 10.2. The lowest BCUT2D eigenvalue weighted by Gasteiger charge is -2.29. The summed E-state index contributed by atoms with van der Waals surface area (Å²) >= 11 is 0. The lowest BCUT2D eigenvalue weighted by Crippen LogP contribution is -2.34. The van der Waals surface area contributed by atoms with Crippen LogP contribution in [0.5, 0.6) is 0 Å². The Bertz CT molecular complexity index is 516. The van der Waals surface area contributed by atoms with Crippen molar-refractivity contribution in [2.75, 3.05) is 19.8 Å². The van der Waals surface area contributed by atoms with Crippen LogP contribution < -0.4 is 0 Å². The maximum atomic E-state index is 12.0. The van der Waals surface area contributed by atoms with Gasteiger partial charge in [-0.3, -0.25) is 9.59 Å². The summed E-state index contributed by atoms with van der Waals surface area (Å²) in [6.45, 7) is 3.92. The Morgan fingerprint density at radius 1 is 0.960 bits per heavy atom. The Kier molecular flexibility index (Phi) is 7.92. The normalized spacial score (nSPS) is 20.3. The van der Waals surface area contributed by atoms with Gasteiger partial charge in [-0.1, -0.05) is 30.3 Å². The molecule has 0 amide bonds. The average Bonchev–Trinajstić information content (AvgIpc) is 2.63. The summed E-state index contributed by atoms with van der Waals surface area (Å²) in [4.78, 5) is 23.9. The molecule has 1 aromatic rings. The van der Waals surface area contributed by atoms with Crippen molar-refractivity contribution in [1.82, 2.24) is 0 Å². The lowest BCUT2D eigenvalue weighted by atomic mass is 9.83. The van der Waals surface area contributed by atoms with Crippen LogP contribution in [0.4, 0.5) is 0 Å². The highest BCUT2D eigenvalue weighted by molar-refractivity contribution is 5.95. The van der Waals surface area contributed by atoms with E-state index in [1.165, 1.54) is 5.56 Å². The molecule has 0 saturated heterocycles. The first kappa shape index (κ1) is 19.4. The standard InChI is InChI=1S/C20H28O5/c1-3-23-19(21)18(20(22)24-4-2)14-25-17-12-10-16(11-13-17)15-8-6-5-7-9-15/h5-9,16-18H,3-4,10-14H2,1-2H3. The minimum atomic E-state index is -0.994.